The first kappa shape index (κ1) is 13.1. The highest BCUT2D eigenvalue weighted by atomic mass is 15.3. The number of hydrogen-bond acceptors (Lipinski definition) is 2. The van der Waals surface area contributed by atoms with E-state index in [9.17, 15) is 0 Å². The molecule has 2 aliphatic rings. The van der Waals surface area contributed by atoms with Crippen LogP contribution in [0.2, 0.25) is 0 Å². The van der Waals surface area contributed by atoms with Gasteiger partial charge in [0, 0.05) is 31.2 Å². The summed E-state index contributed by atoms with van der Waals surface area (Å²) < 4.78 is 2.14. The van der Waals surface area contributed by atoms with Crippen LogP contribution in [0.25, 0.3) is 0 Å². The Labute approximate surface area is 126 Å². The summed E-state index contributed by atoms with van der Waals surface area (Å²) in [5.74, 6) is 0.624. The normalized spacial score (nSPS) is 21.2. The van der Waals surface area contributed by atoms with Gasteiger partial charge in [-0.1, -0.05) is 24.3 Å². The molecule has 1 unspecified atom stereocenters. The molecule has 1 saturated carbocycles. The molecule has 1 fully saturated rings. The minimum Gasteiger partial charge on any atom is -0.308 e. The van der Waals surface area contributed by atoms with E-state index in [1.807, 2.05) is 0 Å². The maximum atomic E-state index is 4.73. The lowest BCUT2D eigenvalue weighted by molar-refractivity contribution is 0.454. The summed E-state index contributed by atoms with van der Waals surface area (Å²) in [6.07, 6.45) is 8.63. The summed E-state index contributed by atoms with van der Waals surface area (Å²) >= 11 is 0. The van der Waals surface area contributed by atoms with Crippen LogP contribution in [0.15, 0.2) is 36.5 Å². The van der Waals surface area contributed by atoms with Gasteiger partial charge in [-0.3, -0.25) is 4.68 Å². The molecule has 0 radical (unpaired) electrons. The molecule has 1 aromatic heterocycles. The molecule has 3 nitrogen and oxygen atoms in total. The minimum absolute atomic E-state index is 0.624. The van der Waals surface area contributed by atoms with Crippen LogP contribution in [0, 0.1) is 0 Å². The van der Waals surface area contributed by atoms with Crippen molar-refractivity contribution in [2.45, 2.75) is 57.2 Å². The molecule has 0 amide bonds. The first-order chi connectivity index (χ1) is 10.4. The Hall–Kier alpha value is -1.61. The second kappa shape index (κ2) is 5.64. The molecule has 2 aliphatic carbocycles. The molecule has 21 heavy (non-hydrogen) atoms. The molecule has 4 rings (SSSR count). The number of aryl methyl sites for hydroxylation is 1. The lowest BCUT2D eigenvalue weighted by Crippen LogP contribution is -2.17. The molecule has 3 heteroatoms. The Kier molecular flexibility index (Phi) is 3.52. The lowest BCUT2D eigenvalue weighted by Gasteiger charge is -2.25. The maximum absolute atomic E-state index is 4.73. The van der Waals surface area contributed by atoms with Crippen LogP contribution in [0.1, 0.15) is 48.4 Å². The number of rotatable bonds is 5. The monoisotopic (exact) mass is 281 g/mol. The van der Waals surface area contributed by atoms with E-state index in [4.69, 9.17) is 5.10 Å². The van der Waals surface area contributed by atoms with E-state index in [-0.39, 0.29) is 0 Å². The smallest absolute Gasteiger partial charge is 0.0762 e. The Balaban J connectivity index is 1.44. The van der Waals surface area contributed by atoms with Gasteiger partial charge in [-0.2, -0.15) is 5.10 Å². The van der Waals surface area contributed by atoms with E-state index in [0.29, 0.717) is 5.92 Å². The topological polar surface area (TPSA) is 29.9 Å². The zero-order valence-electron chi connectivity index (χ0n) is 12.5. The first-order valence-electron chi connectivity index (χ1n) is 8.22. The van der Waals surface area contributed by atoms with Crippen molar-refractivity contribution in [2.75, 3.05) is 0 Å². The summed E-state index contributed by atoms with van der Waals surface area (Å²) in [7, 11) is 0. The maximum Gasteiger partial charge on any atom is 0.0762 e. The largest absolute Gasteiger partial charge is 0.308 e. The van der Waals surface area contributed by atoms with Gasteiger partial charge in [-0.05, 0) is 49.3 Å². The summed E-state index contributed by atoms with van der Waals surface area (Å²) in [5.41, 5.74) is 4.25. The number of nitrogens with one attached hydrogen (secondary N) is 1. The molecular formula is C18H23N3. The van der Waals surface area contributed by atoms with Gasteiger partial charge in [0.2, 0.25) is 0 Å². The van der Waals surface area contributed by atoms with Gasteiger partial charge in [-0.25, -0.2) is 0 Å². The Morgan fingerprint density at radius 3 is 2.95 bits per heavy atom. The van der Waals surface area contributed by atoms with Crippen LogP contribution in [0.4, 0.5) is 0 Å². The lowest BCUT2D eigenvalue weighted by atomic mass is 9.83. The van der Waals surface area contributed by atoms with Crippen molar-refractivity contribution in [2.24, 2.45) is 0 Å². The Morgan fingerprint density at radius 2 is 2.05 bits per heavy atom. The third kappa shape index (κ3) is 3.03. The third-order valence-electron chi connectivity index (χ3n) is 4.75. The average Bonchev–Trinajstić information content (AvgIpc) is 3.25. The Morgan fingerprint density at radius 1 is 1.14 bits per heavy atom. The fraction of sp³-hybridized carbons (Fsp3) is 0.500. The van der Waals surface area contributed by atoms with Gasteiger partial charge in [0.05, 0.1) is 5.69 Å². The highest BCUT2D eigenvalue weighted by Crippen LogP contribution is 2.32. The zero-order chi connectivity index (χ0) is 14.1. The summed E-state index contributed by atoms with van der Waals surface area (Å²) in [4.78, 5) is 0. The highest BCUT2D eigenvalue weighted by Gasteiger charge is 2.22. The number of nitrogens with zero attached hydrogens (tertiary/aromatic N) is 2. The van der Waals surface area contributed by atoms with Crippen LogP contribution in [0.5, 0.6) is 0 Å². The molecule has 0 spiro atoms. The van der Waals surface area contributed by atoms with Crippen molar-refractivity contribution in [1.82, 2.24) is 15.1 Å². The van der Waals surface area contributed by atoms with E-state index in [2.05, 4.69) is 46.5 Å². The quantitative estimate of drug-likeness (QED) is 0.911. The molecule has 1 aromatic carbocycles. The second-order valence-electron chi connectivity index (χ2n) is 6.47. The average molecular weight is 281 g/mol. The van der Waals surface area contributed by atoms with Crippen molar-refractivity contribution in [1.29, 1.82) is 0 Å². The molecule has 1 atom stereocenters. The van der Waals surface area contributed by atoms with Crippen molar-refractivity contribution in [3.05, 3.63) is 53.3 Å². The Bertz CT molecular complexity index is 612. The van der Waals surface area contributed by atoms with Crippen molar-refractivity contribution in [3.63, 3.8) is 0 Å². The van der Waals surface area contributed by atoms with Crippen molar-refractivity contribution in [3.8, 4) is 0 Å². The predicted molar refractivity (Wildman–Crippen MR) is 84.2 cm³/mol. The third-order valence-corrected chi connectivity index (χ3v) is 4.75. The first-order valence-corrected chi connectivity index (χ1v) is 8.22. The van der Waals surface area contributed by atoms with Gasteiger partial charge < -0.3 is 5.32 Å². The van der Waals surface area contributed by atoms with E-state index in [1.165, 1.54) is 48.9 Å². The SMILES string of the molecule is c1ccc2c(c1)CCCC2Cn1ccc(CNC2CC2)n1. The summed E-state index contributed by atoms with van der Waals surface area (Å²) in [6.45, 7) is 1.93. The van der Waals surface area contributed by atoms with E-state index in [0.717, 1.165) is 19.1 Å². The number of fused-ring (bicyclic) bond motifs is 1. The van der Waals surface area contributed by atoms with E-state index >= 15 is 0 Å². The molecule has 1 N–H and O–H groups in total. The minimum atomic E-state index is 0.624. The fourth-order valence-electron chi connectivity index (χ4n) is 3.41. The van der Waals surface area contributed by atoms with E-state index < -0.39 is 0 Å². The van der Waals surface area contributed by atoms with Crippen LogP contribution in [-0.4, -0.2) is 15.8 Å². The second-order valence-corrected chi connectivity index (χ2v) is 6.47. The van der Waals surface area contributed by atoms with Crippen LogP contribution >= 0.6 is 0 Å². The molecule has 0 bridgehead atoms. The fourth-order valence-corrected chi connectivity index (χ4v) is 3.41. The summed E-state index contributed by atoms with van der Waals surface area (Å²) in [6, 6.07) is 11.8. The number of hydrogen-bond donors (Lipinski definition) is 1. The predicted octanol–water partition coefficient (Wildman–Crippen LogP) is 3.26. The van der Waals surface area contributed by atoms with E-state index in [1.54, 1.807) is 0 Å². The molecule has 0 aliphatic heterocycles. The standard InChI is InChI=1S/C18H23N3/c1-2-7-18-14(4-1)5-3-6-15(18)13-21-11-10-17(20-21)12-19-16-8-9-16/h1-2,4,7,10-11,15-16,19H,3,5-6,8-9,12-13H2. The summed E-state index contributed by atoms with van der Waals surface area (Å²) in [5, 5.41) is 8.26. The number of benzene rings is 1. The molecular weight excluding hydrogens is 258 g/mol. The number of aromatic nitrogens is 2. The molecule has 2 aromatic rings. The van der Waals surface area contributed by atoms with Crippen LogP contribution in [0.3, 0.4) is 0 Å². The van der Waals surface area contributed by atoms with Crippen LogP contribution in [-0.2, 0) is 19.5 Å². The van der Waals surface area contributed by atoms with Gasteiger partial charge >= 0.3 is 0 Å². The van der Waals surface area contributed by atoms with Gasteiger partial charge in [0.15, 0.2) is 0 Å². The molecule has 0 saturated heterocycles. The highest BCUT2D eigenvalue weighted by molar-refractivity contribution is 5.32. The van der Waals surface area contributed by atoms with Crippen molar-refractivity contribution < 1.29 is 0 Å². The van der Waals surface area contributed by atoms with Gasteiger partial charge in [0.25, 0.3) is 0 Å². The molecule has 110 valence electrons. The zero-order valence-corrected chi connectivity index (χ0v) is 12.5. The molecule has 1 heterocycles. The van der Waals surface area contributed by atoms with Gasteiger partial charge in [-0.15, -0.1) is 0 Å². The van der Waals surface area contributed by atoms with Crippen molar-refractivity contribution >= 4 is 0 Å². The van der Waals surface area contributed by atoms with Gasteiger partial charge in [0.1, 0.15) is 0 Å². The van der Waals surface area contributed by atoms with Crippen LogP contribution < -0.4 is 5.32 Å².